The first kappa shape index (κ1) is 25.7. The van der Waals surface area contributed by atoms with Crippen LogP contribution in [0.3, 0.4) is 0 Å². The van der Waals surface area contributed by atoms with E-state index in [0.717, 1.165) is 25.3 Å². The number of rotatable bonds is 11. The van der Waals surface area contributed by atoms with Crippen molar-refractivity contribution >= 4 is 29.3 Å². The minimum Gasteiger partial charge on any atom is -0.476 e. The van der Waals surface area contributed by atoms with Crippen LogP contribution in [0.1, 0.15) is 43.5 Å². The number of nitrogens with one attached hydrogen (secondary N) is 3. The Labute approximate surface area is 212 Å². The largest absolute Gasteiger partial charge is 0.476 e. The molecule has 1 aliphatic rings. The molecule has 12 nitrogen and oxygen atoms in total. The molecule has 0 saturated heterocycles. The van der Waals surface area contributed by atoms with Crippen molar-refractivity contribution in [1.29, 1.82) is 0 Å². The molecular weight excluding hydrogens is 483 g/mol. The number of carboxylic acid groups (broad SMARTS) is 1. The van der Waals surface area contributed by atoms with Gasteiger partial charge in [-0.3, -0.25) is 4.79 Å². The van der Waals surface area contributed by atoms with E-state index in [1.54, 1.807) is 36.1 Å². The Bertz CT molecular complexity index is 1270. The Morgan fingerprint density at radius 3 is 2.70 bits per heavy atom. The van der Waals surface area contributed by atoms with E-state index in [0.29, 0.717) is 23.9 Å². The molecule has 13 heteroatoms. The van der Waals surface area contributed by atoms with Gasteiger partial charge in [-0.1, -0.05) is 6.42 Å². The predicted octanol–water partition coefficient (Wildman–Crippen LogP) is 3.28. The van der Waals surface area contributed by atoms with E-state index in [4.69, 9.17) is 15.6 Å². The molecule has 1 saturated carbocycles. The van der Waals surface area contributed by atoms with Gasteiger partial charge in [-0.15, -0.1) is 0 Å². The smallest absolute Gasteiger partial charge is 0.404 e. The van der Waals surface area contributed by atoms with E-state index < -0.39 is 29.9 Å². The summed E-state index contributed by atoms with van der Waals surface area (Å²) in [6, 6.07) is 3.54. The number of ether oxygens (including phenoxy) is 1. The lowest BCUT2D eigenvalue weighted by atomic mass is 9.77. The fourth-order valence-electron chi connectivity index (χ4n) is 4.23. The van der Waals surface area contributed by atoms with Gasteiger partial charge in [0.1, 0.15) is 11.5 Å². The van der Waals surface area contributed by atoms with Crippen molar-refractivity contribution in [2.45, 2.75) is 45.2 Å². The molecule has 0 radical (unpaired) electrons. The number of anilines is 3. The number of amides is 2. The number of aromatic nitrogens is 4. The van der Waals surface area contributed by atoms with Gasteiger partial charge in [-0.2, -0.15) is 5.10 Å². The third-order valence-electron chi connectivity index (χ3n) is 6.22. The summed E-state index contributed by atoms with van der Waals surface area (Å²) >= 11 is 0. The van der Waals surface area contributed by atoms with Crippen molar-refractivity contribution < 1.29 is 23.8 Å². The molecule has 1 fully saturated rings. The Morgan fingerprint density at radius 2 is 2.11 bits per heavy atom. The highest BCUT2D eigenvalue weighted by Gasteiger charge is 2.33. The van der Waals surface area contributed by atoms with Gasteiger partial charge in [0.25, 0.3) is 5.91 Å². The van der Waals surface area contributed by atoms with Crippen LogP contribution in [0.5, 0.6) is 5.88 Å². The monoisotopic (exact) mass is 512 g/mol. The van der Waals surface area contributed by atoms with E-state index in [-0.39, 0.29) is 23.1 Å². The summed E-state index contributed by atoms with van der Waals surface area (Å²) in [5, 5.41) is 21.9. The molecule has 4 rings (SSSR count). The van der Waals surface area contributed by atoms with Crippen molar-refractivity contribution in [3.05, 3.63) is 48.2 Å². The molecular formula is C24H29FN8O4. The first-order valence-corrected chi connectivity index (χ1v) is 11.9. The third-order valence-corrected chi connectivity index (χ3v) is 6.22. The molecule has 0 bridgehead atoms. The second-order valence-electron chi connectivity index (χ2n) is 8.74. The molecule has 1 aliphatic carbocycles. The van der Waals surface area contributed by atoms with Gasteiger partial charge >= 0.3 is 6.09 Å². The summed E-state index contributed by atoms with van der Waals surface area (Å²) in [4.78, 5) is 32.0. The van der Waals surface area contributed by atoms with Crippen LogP contribution in [0.2, 0.25) is 0 Å². The summed E-state index contributed by atoms with van der Waals surface area (Å²) in [5.74, 6) is -1.28. The summed E-state index contributed by atoms with van der Waals surface area (Å²) in [6.07, 6.45) is 6.41. The topological polar surface area (TPSA) is 169 Å². The van der Waals surface area contributed by atoms with Gasteiger partial charge in [-0.05, 0) is 50.8 Å². The molecule has 196 valence electrons. The van der Waals surface area contributed by atoms with Gasteiger partial charge in [0.2, 0.25) is 5.88 Å². The summed E-state index contributed by atoms with van der Waals surface area (Å²) in [7, 11) is 0. The van der Waals surface area contributed by atoms with Crippen LogP contribution in [0.4, 0.5) is 26.5 Å². The van der Waals surface area contributed by atoms with Crippen LogP contribution < -0.4 is 26.4 Å². The van der Waals surface area contributed by atoms with Crippen molar-refractivity contribution in [2.75, 3.05) is 17.2 Å². The van der Waals surface area contributed by atoms with E-state index in [2.05, 4.69) is 31.0 Å². The lowest BCUT2D eigenvalue weighted by molar-refractivity contribution is 0.1000. The molecule has 0 aliphatic heterocycles. The zero-order valence-electron chi connectivity index (χ0n) is 20.4. The van der Waals surface area contributed by atoms with Gasteiger partial charge in [0, 0.05) is 18.4 Å². The predicted molar refractivity (Wildman–Crippen MR) is 134 cm³/mol. The lowest BCUT2D eigenvalue weighted by Crippen LogP contribution is -2.50. The maximum atomic E-state index is 15.1. The number of carbonyl (C=O) groups is 2. The first-order chi connectivity index (χ1) is 17.8. The molecule has 2 atom stereocenters. The number of carbonyl (C=O) groups excluding carboxylic acids is 1. The Morgan fingerprint density at radius 1 is 1.32 bits per heavy atom. The average molecular weight is 513 g/mol. The van der Waals surface area contributed by atoms with Crippen molar-refractivity contribution in [3.63, 3.8) is 0 Å². The van der Waals surface area contributed by atoms with E-state index in [1.165, 1.54) is 6.20 Å². The minimum atomic E-state index is -1.17. The molecule has 0 unspecified atom stereocenters. The van der Waals surface area contributed by atoms with E-state index in [9.17, 15) is 9.59 Å². The molecule has 2 amide bonds. The normalized spacial score (nSPS) is 14.8. The summed E-state index contributed by atoms with van der Waals surface area (Å²) in [6.45, 7) is 3.94. The fraction of sp³-hybridized carbons (Fsp3) is 0.375. The summed E-state index contributed by atoms with van der Waals surface area (Å²) < 4.78 is 22.2. The molecule has 3 heterocycles. The minimum absolute atomic E-state index is 0.0139. The van der Waals surface area contributed by atoms with Crippen LogP contribution in [0, 0.1) is 11.7 Å². The molecule has 6 N–H and O–H groups in total. The van der Waals surface area contributed by atoms with E-state index in [1.807, 2.05) is 6.92 Å². The van der Waals surface area contributed by atoms with Gasteiger partial charge in [-0.25, -0.2) is 23.8 Å². The second-order valence-corrected chi connectivity index (χ2v) is 8.74. The highest BCUT2D eigenvalue weighted by molar-refractivity contribution is 5.98. The number of primary amides is 1. The Kier molecular flexibility index (Phi) is 7.70. The molecule has 3 aromatic heterocycles. The van der Waals surface area contributed by atoms with Crippen LogP contribution in [0.25, 0.3) is 5.69 Å². The number of hydrogen-bond donors (Lipinski definition) is 5. The van der Waals surface area contributed by atoms with Gasteiger partial charge < -0.3 is 31.5 Å². The van der Waals surface area contributed by atoms with Crippen LogP contribution in [-0.4, -0.2) is 55.5 Å². The van der Waals surface area contributed by atoms with Gasteiger partial charge in [0.15, 0.2) is 11.6 Å². The van der Waals surface area contributed by atoms with Crippen molar-refractivity contribution in [2.24, 2.45) is 11.7 Å². The van der Waals surface area contributed by atoms with Crippen molar-refractivity contribution in [1.82, 2.24) is 25.1 Å². The zero-order valence-corrected chi connectivity index (χ0v) is 20.4. The quantitative estimate of drug-likeness (QED) is 0.259. The zero-order chi connectivity index (χ0) is 26.5. The number of nitrogens with zero attached hydrogens (tertiary/aromatic N) is 4. The van der Waals surface area contributed by atoms with Crippen LogP contribution >= 0.6 is 0 Å². The average Bonchev–Trinajstić information content (AvgIpc) is 3.34. The van der Waals surface area contributed by atoms with Crippen molar-refractivity contribution in [3.8, 4) is 11.6 Å². The SMILES string of the molecule is CCOc1ncc(Nc2nc(N[C@H](C3CCC3)[C@H](C)NC(=O)O)c(F)cc2C(N)=O)cc1-n1cccn1. The maximum absolute atomic E-state index is 15.1. The van der Waals surface area contributed by atoms with Gasteiger partial charge in [0.05, 0.1) is 30.1 Å². The van der Waals surface area contributed by atoms with Crippen LogP contribution in [-0.2, 0) is 0 Å². The molecule has 37 heavy (non-hydrogen) atoms. The van der Waals surface area contributed by atoms with Crippen LogP contribution in [0.15, 0.2) is 36.8 Å². The number of halogens is 1. The van der Waals surface area contributed by atoms with E-state index >= 15 is 4.39 Å². The number of hydrogen-bond acceptors (Lipinski definition) is 8. The summed E-state index contributed by atoms with van der Waals surface area (Å²) in [5.41, 5.74) is 6.32. The third kappa shape index (κ3) is 5.88. The Hall–Kier alpha value is -4.42. The number of pyridine rings is 2. The Balaban J connectivity index is 1.68. The maximum Gasteiger partial charge on any atom is 0.404 e. The second kappa shape index (κ2) is 11.1. The first-order valence-electron chi connectivity index (χ1n) is 11.9. The molecule has 3 aromatic rings. The standard InChI is InChI=1S/C24H29FN8O4/c1-3-37-23-18(33-9-5-8-28-33)10-15(12-27-23)30-21-16(20(26)34)11-17(25)22(32-21)31-19(14-6-4-7-14)13(2)29-24(35)36/h5,8-14,19,29H,3-4,6-7H2,1-2H3,(H2,26,34)(H,35,36)(H2,30,31,32)/t13-,19-/m0/s1. The highest BCUT2D eigenvalue weighted by Crippen LogP contribution is 2.34. The molecule has 0 spiro atoms. The highest BCUT2D eigenvalue weighted by atomic mass is 19.1. The fourth-order valence-corrected chi connectivity index (χ4v) is 4.23. The molecule has 0 aromatic carbocycles. The lowest BCUT2D eigenvalue weighted by Gasteiger charge is -2.38. The number of nitrogens with two attached hydrogens (primary N) is 1.